The van der Waals surface area contributed by atoms with Crippen LogP contribution in [0.3, 0.4) is 0 Å². The molecule has 2 aromatic heterocycles. The summed E-state index contributed by atoms with van der Waals surface area (Å²) in [5, 5.41) is 21.4. The molecule has 1 aromatic carbocycles. The van der Waals surface area contributed by atoms with Gasteiger partial charge in [-0.25, -0.2) is 4.68 Å². The zero-order valence-electron chi connectivity index (χ0n) is 14.1. The SMILES string of the molecule is C[C@@H](Sc1nnnn1C1CCCCC1)c1nnc(-c2ccccc2)o1. The van der Waals surface area contributed by atoms with E-state index in [0.717, 1.165) is 23.6 Å². The largest absolute Gasteiger partial charge is 0.419 e. The van der Waals surface area contributed by atoms with Crippen LogP contribution < -0.4 is 0 Å². The lowest BCUT2D eigenvalue weighted by Crippen LogP contribution is -2.15. The van der Waals surface area contributed by atoms with E-state index >= 15 is 0 Å². The van der Waals surface area contributed by atoms with Crippen molar-refractivity contribution in [1.29, 1.82) is 0 Å². The Hall–Kier alpha value is -2.22. The summed E-state index contributed by atoms with van der Waals surface area (Å²) in [5.74, 6) is 1.12. The number of benzene rings is 1. The predicted octanol–water partition coefficient (Wildman–Crippen LogP) is 4.08. The predicted molar refractivity (Wildman–Crippen MR) is 93.9 cm³/mol. The van der Waals surface area contributed by atoms with E-state index in [1.54, 1.807) is 11.8 Å². The zero-order chi connectivity index (χ0) is 17.1. The molecule has 7 nitrogen and oxygen atoms in total. The summed E-state index contributed by atoms with van der Waals surface area (Å²) in [4.78, 5) is 0. The zero-order valence-corrected chi connectivity index (χ0v) is 14.9. The van der Waals surface area contributed by atoms with E-state index in [1.165, 1.54) is 19.3 Å². The van der Waals surface area contributed by atoms with Crippen LogP contribution in [0.4, 0.5) is 0 Å². The number of thioether (sulfide) groups is 1. The van der Waals surface area contributed by atoms with Gasteiger partial charge in [0.05, 0.1) is 11.3 Å². The van der Waals surface area contributed by atoms with Crippen molar-refractivity contribution in [2.75, 3.05) is 0 Å². The normalized spacial score (nSPS) is 16.8. The van der Waals surface area contributed by atoms with Gasteiger partial charge in [-0.15, -0.1) is 15.3 Å². The quantitative estimate of drug-likeness (QED) is 0.637. The van der Waals surface area contributed by atoms with E-state index in [-0.39, 0.29) is 5.25 Å². The number of aromatic nitrogens is 6. The molecular weight excluding hydrogens is 336 g/mol. The Bertz CT molecular complexity index is 811. The van der Waals surface area contributed by atoms with Crippen molar-refractivity contribution in [3.8, 4) is 11.5 Å². The average Bonchev–Trinajstić information content (AvgIpc) is 3.33. The van der Waals surface area contributed by atoms with Crippen LogP contribution in [-0.4, -0.2) is 30.4 Å². The van der Waals surface area contributed by atoms with E-state index in [2.05, 4.69) is 25.7 Å². The Labute approximate surface area is 150 Å². The highest BCUT2D eigenvalue weighted by Gasteiger charge is 2.24. The van der Waals surface area contributed by atoms with E-state index in [4.69, 9.17) is 4.42 Å². The van der Waals surface area contributed by atoms with Gasteiger partial charge in [-0.05, 0) is 42.3 Å². The van der Waals surface area contributed by atoms with Gasteiger partial charge in [-0.2, -0.15) is 0 Å². The number of rotatable bonds is 5. The fraction of sp³-hybridized carbons (Fsp3) is 0.471. The molecule has 1 aliphatic carbocycles. The van der Waals surface area contributed by atoms with Gasteiger partial charge in [0, 0.05) is 5.56 Å². The highest BCUT2D eigenvalue weighted by molar-refractivity contribution is 7.99. The summed E-state index contributed by atoms with van der Waals surface area (Å²) in [6, 6.07) is 10.2. The van der Waals surface area contributed by atoms with Crippen LogP contribution in [0.1, 0.15) is 56.2 Å². The molecule has 1 atom stereocenters. The maximum absolute atomic E-state index is 5.84. The second-order valence-corrected chi connectivity index (χ2v) is 7.58. The molecule has 1 saturated carbocycles. The Kier molecular flexibility index (Phi) is 4.78. The molecule has 0 saturated heterocycles. The Morgan fingerprint density at radius 3 is 2.68 bits per heavy atom. The van der Waals surface area contributed by atoms with Crippen molar-refractivity contribution in [2.45, 2.75) is 55.5 Å². The summed E-state index contributed by atoms with van der Waals surface area (Å²) < 4.78 is 7.81. The number of hydrogen-bond donors (Lipinski definition) is 0. The molecule has 25 heavy (non-hydrogen) atoms. The van der Waals surface area contributed by atoms with Crippen molar-refractivity contribution in [1.82, 2.24) is 30.4 Å². The van der Waals surface area contributed by atoms with Crippen LogP contribution >= 0.6 is 11.8 Å². The smallest absolute Gasteiger partial charge is 0.247 e. The fourth-order valence-electron chi connectivity index (χ4n) is 3.12. The first-order valence-electron chi connectivity index (χ1n) is 8.64. The van der Waals surface area contributed by atoms with Crippen LogP contribution in [0.5, 0.6) is 0 Å². The van der Waals surface area contributed by atoms with Gasteiger partial charge in [0.25, 0.3) is 0 Å². The van der Waals surface area contributed by atoms with Crippen LogP contribution in [0.2, 0.25) is 0 Å². The lowest BCUT2D eigenvalue weighted by atomic mass is 9.96. The van der Waals surface area contributed by atoms with Crippen LogP contribution in [0.25, 0.3) is 11.5 Å². The number of nitrogens with zero attached hydrogens (tertiary/aromatic N) is 6. The second kappa shape index (κ2) is 7.35. The van der Waals surface area contributed by atoms with Gasteiger partial charge < -0.3 is 4.42 Å². The minimum absolute atomic E-state index is 0.0155. The molecule has 0 N–H and O–H groups in total. The first-order chi connectivity index (χ1) is 12.3. The maximum atomic E-state index is 5.84. The molecule has 3 aromatic rings. The molecule has 8 heteroatoms. The third-order valence-electron chi connectivity index (χ3n) is 4.47. The van der Waals surface area contributed by atoms with Crippen molar-refractivity contribution in [3.63, 3.8) is 0 Å². The van der Waals surface area contributed by atoms with Gasteiger partial charge in [0.1, 0.15) is 0 Å². The molecule has 2 heterocycles. The lowest BCUT2D eigenvalue weighted by molar-refractivity contribution is 0.307. The van der Waals surface area contributed by atoms with Crippen LogP contribution in [-0.2, 0) is 0 Å². The third-order valence-corrected chi connectivity index (χ3v) is 5.51. The molecular formula is C17H20N6OS. The van der Waals surface area contributed by atoms with Gasteiger partial charge in [-0.1, -0.05) is 49.2 Å². The molecule has 0 radical (unpaired) electrons. The molecule has 0 aliphatic heterocycles. The molecule has 0 bridgehead atoms. The van der Waals surface area contributed by atoms with Crippen LogP contribution in [0, 0.1) is 0 Å². The van der Waals surface area contributed by atoms with E-state index < -0.39 is 0 Å². The monoisotopic (exact) mass is 356 g/mol. The topological polar surface area (TPSA) is 82.5 Å². The maximum Gasteiger partial charge on any atom is 0.247 e. The second-order valence-electron chi connectivity index (χ2n) is 6.27. The fourth-order valence-corrected chi connectivity index (χ4v) is 4.01. The summed E-state index contributed by atoms with van der Waals surface area (Å²) in [6.45, 7) is 2.03. The van der Waals surface area contributed by atoms with Gasteiger partial charge in [-0.3, -0.25) is 0 Å². The Morgan fingerprint density at radius 1 is 1.08 bits per heavy atom. The first-order valence-corrected chi connectivity index (χ1v) is 9.52. The van der Waals surface area contributed by atoms with Gasteiger partial charge in [0.15, 0.2) is 0 Å². The lowest BCUT2D eigenvalue weighted by Gasteiger charge is -2.22. The summed E-state index contributed by atoms with van der Waals surface area (Å²) in [5.41, 5.74) is 0.922. The molecule has 0 amide bonds. The average molecular weight is 356 g/mol. The number of tetrazole rings is 1. The first kappa shape index (κ1) is 16.3. The van der Waals surface area contributed by atoms with Crippen molar-refractivity contribution >= 4 is 11.8 Å². The van der Waals surface area contributed by atoms with Crippen molar-refractivity contribution in [3.05, 3.63) is 36.2 Å². The highest BCUT2D eigenvalue weighted by Crippen LogP contribution is 2.36. The number of hydrogen-bond acceptors (Lipinski definition) is 7. The molecule has 130 valence electrons. The van der Waals surface area contributed by atoms with Crippen molar-refractivity contribution in [2.24, 2.45) is 0 Å². The molecule has 0 spiro atoms. The minimum atomic E-state index is -0.0155. The van der Waals surface area contributed by atoms with Gasteiger partial charge in [0.2, 0.25) is 16.9 Å². The Balaban J connectivity index is 1.49. The summed E-state index contributed by atoms with van der Waals surface area (Å²) in [7, 11) is 0. The summed E-state index contributed by atoms with van der Waals surface area (Å²) in [6.07, 6.45) is 6.09. The van der Waals surface area contributed by atoms with Crippen LogP contribution in [0.15, 0.2) is 39.9 Å². The van der Waals surface area contributed by atoms with E-state index in [0.29, 0.717) is 17.8 Å². The molecule has 4 rings (SSSR count). The molecule has 1 fully saturated rings. The summed E-state index contributed by atoms with van der Waals surface area (Å²) >= 11 is 1.56. The van der Waals surface area contributed by atoms with E-state index in [1.807, 2.05) is 41.9 Å². The third kappa shape index (κ3) is 3.58. The standard InChI is InChI=1S/C17H20N6OS/c1-12(15-18-19-16(24-15)13-8-4-2-5-9-13)25-17-20-21-22-23(17)14-10-6-3-7-11-14/h2,4-5,8-9,12,14H,3,6-7,10-11H2,1H3/t12-/m1/s1. The minimum Gasteiger partial charge on any atom is -0.419 e. The van der Waals surface area contributed by atoms with Crippen molar-refractivity contribution < 1.29 is 4.42 Å². The molecule has 1 aliphatic rings. The molecule has 0 unspecified atom stereocenters. The Morgan fingerprint density at radius 2 is 1.88 bits per heavy atom. The highest BCUT2D eigenvalue weighted by atomic mass is 32.2. The van der Waals surface area contributed by atoms with Gasteiger partial charge >= 0.3 is 0 Å². The van der Waals surface area contributed by atoms with E-state index in [9.17, 15) is 0 Å².